The van der Waals surface area contributed by atoms with E-state index in [1.54, 1.807) is 12.1 Å². The molecule has 0 atom stereocenters. The van der Waals surface area contributed by atoms with Crippen LogP contribution < -0.4 is 21.3 Å². The first kappa shape index (κ1) is 12.0. The molecule has 0 saturated heterocycles. The fraction of sp³-hybridized carbons (Fsp3) is 0.167. The lowest BCUT2D eigenvalue weighted by Crippen LogP contribution is -2.14. The fourth-order valence-electron chi connectivity index (χ4n) is 1.42. The highest BCUT2D eigenvalue weighted by molar-refractivity contribution is 5.43. The van der Waals surface area contributed by atoms with E-state index in [0.29, 0.717) is 24.7 Å². The van der Waals surface area contributed by atoms with Crippen molar-refractivity contribution in [2.45, 2.75) is 0 Å². The maximum absolute atomic E-state index is 11.0. The van der Waals surface area contributed by atoms with Crippen molar-refractivity contribution < 1.29 is 4.74 Å². The average Bonchev–Trinajstić information content (AvgIpc) is 2.35. The molecule has 1 aromatic heterocycles. The Bertz CT molecular complexity index is 568. The third kappa shape index (κ3) is 3.51. The Morgan fingerprint density at radius 1 is 1.39 bits per heavy atom. The van der Waals surface area contributed by atoms with E-state index in [4.69, 9.17) is 10.5 Å². The van der Waals surface area contributed by atoms with E-state index in [1.165, 1.54) is 12.4 Å². The second-order valence-electron chi connectivity index (χ2n) is 3.64. The zero-order chi connectivity index (χ0) is 12.8. The molecule has 0 saturated carbocycles. The molecule has 18 heavy (non-hydrogen) atoms. The molecule has 94 valence electrons. The number of ether oxygens (including phenoxy) is 1. The lowest BCUT2D eigenvalue weighted by molar-refractivity contribution is 0.333. The van der Waals surface area contributed by atoms with E-state index in [2.05, 4.69) is 15.3 Å². The van der Waals surface area contributed by atoms with Gasteiger partial charge in [0, 0.05) is 17.8 Å². The van der Waals surface area contributed by atoms with Crippen LogP contribution in [0.2, 0.25) is 0 Å². The second kappa shape index (κ2) is 5.72. The van der Waals surface area contributed by atoms with Crippen molar-refractivity contribution in [1.29, 1.82) is 0 Å². The maximum atomic E-state index is 11.0. The maximum Gasteiger partial charge on any atom is 0.252 e. The van der Waals surface area contributed by atoms with Crippen LogP contribution in [0.3, 0.4) is 0 Å². The van der Waals surface area contributed by atoms with Crippen molar-refractivity contribution >= 4 is 11.5 Å². The predicted octanol–water partition coefficient (Wildman–Crippen LogP) is 0.843. The highest BCUT2D eigenvalue weighted by atomic mass is 16.5. The molecule has 4 N–H and O–H groups in total. The van der Waals surface area contributed by atoms with Gasteiger partial charge in [0.05, 0.1) is 12.9 Å². The molecule has 1 heterocycles. The average molecular weight is 246 g/mol. The molecular weight excluding hydrogens is 232 g/mol. The third-order valence-corrected chi connectivity index (χ3v) is 2.21. The van der Waals surface area contributed by atoms with Gasteiger partial charge in [-0.25, -0.2) is 4.98 Å². The van der Waals surface area contributed by atoms with Crippen LogP contribution in [-0.2, 0) is 0 Å². The molecule has 0 aliphatic heterocycles. The molecule has 0 aliphatic carbocycles. The first-order chi connectivity index (χ1) is 8.74. The number of anilines is 2. The van der Waals surface area contributed by atoms with E-state index in [9.17, 15) is 4.79 Å². The van der Waals surface area contributed by atoms with Crippen LogP contribution in [-0.4, -0.2) is 23.1 Å². The van der Waals surface area contributed by atoms with Crippen molar-refractivity contribution in [2.75, 3.05) is 24.2 Å². The Hall–Kier alpha value is -2.50. The first-order valence-electron chi connectivity index (χ1n) is 5.51. The van der Waals surface area contributed by atoms with Gasteiger partial charge in [-0.05, 0) is 12.1 Å². The summed E-state index contributed by atoms with van der Waals surface area (Å²) >= 11 is 0. The van der Waals surface area contributed by atoms with Gasteiger partial charge in [-0.3, -0.25) is 4.79 Å². The van der Waals surface area contributed by atoms with Gasteiger partial charge in [-0.15, -0.1) is 0 Å². The van der Waals surface area contributed by atoms with E-state index >= 15 is 0 Å². The van der Waals surface area contributed by atoms with E-state index in [1.807, 2.05) is 12.1 Å². The van der Waals surface area contributed by atoms with Gasteiger partial charge in [0.1, 0.15) is 18.2 Å². The van der Waals surface area contributed by atoms with Crippen LogP contribution in [0, 0.1) is 0 Å². The SMILES string of the molecule is Nc1cccc(OCCNc2cc(=O)[nH]cn2)c1. The summed E-state index contributed by atoms with van der Waals surface area (Å²) in [5.74, 6) is 1.24. The number of aromatic amines is 1. The van der Waals surface area contributed by atoms with E-state index in [0.717, 1.165) is 5.75 Å². The molecule has 0 aliphatic rings. The molecule has 0 bridgehead atoms. The number of nitrogens with zero attached hydrogens (tertiary/aromatic N) is 1. The highest BCUT2D eigenvalue weighted by Crippen LogP contribution is 2.13. The van der Waals surface area contributed by atoms with Gasteiger partial charge in [-0.1, -0.05) is 6.07 Å². The van der Waals surface area contributed by atoms with Gasteiger partial charge in [0.25, 0.3) is 5.56 Å². The molecule has 0 fully saturated rings. The van der Waals surface area contributed by atoms with Crippen molar-refractivity contribution in [3.8, 4) is 5.75 Å². The zero-order valence-electron chi connectivity index (χ0n) is 9.72. The summed E-state index contributed by atoms with van der Waals surface area (Å²) in [6.07, 6.45) is 1.35. The Morgan fingerprint density at radius 3 is 3.06 bits per heavy atom. The number of nitrogens with one attached hydrogen (secondary N) is 2. The summed E-state index contributed by atoms with van der Waals surface area (Å²) in [5.41, 5.74) is 6.10. The molecule has 1 aromatic carbocycles. The smallest absolute Gasteiger partial charge is 0.252 e. The largest absolute Gasteiger partial charge is 0.492 e. The topological polar surface area (TPSA) is 93.0 Å². The Kier molecular flexibility index (Phi) is 3.80. The first-order valence-corrected chi connectivity index (χ1v) is 5.51. The summed E-state index contributed by atoms with van der Waals surface area (Å²) in [7, 11) is 0. The van der Waals surface area contributed by atoms with Gasteiger partial charge in [0.2, 0.25) is 0 Å². The molecule has 6 nitrogen and oxygen atoms in total. The van der Waals surface area contributed by atoms with Crippen molar-refractivity contribution in [3.63, 3.8) is 0 Å². The monoisotopic (exact) mass is 246 g/mol. The number of hydrogen-bond acceptors (Lipinski definition) is 5. The van der Waals surface area contributed by atoms with Crippen LogP contribution in [0.4, 0.5) is 11.5 Å². The van der Waals surface area contributed by atoms with E-state index in [-0.39, 0.29) is 5.56 Å². The minimum absolute atomic E-state index is 0.191. The molecule has 0 spiro atoms. The van der Waals surface area contributed by atoms with Crippen LogP contribution in [0.25, 0.3) is 0 Å². The van der Waals surface area contributed by atoms with Gasteiger partial charge < -0.3 is 20.8 Å². The van der Waals surface area contributed by atoms with Gasteiger partial charge >= 0.3 is 0 Å². The number of hydrogen-bond donors (Lipinski definition) is 3. The Morgan fingerprint density at radius 2 is 2.28 bits per heavy atom. The second-order valence-corrected chi connectivity index (χ2v) is 3.64. The standard InChI is InChI=1S/C12H14N4O2/c13-9-2-1-3-10(6-9)18-5-4-14-11-7-12(17)16-8-15-11/h1-3,6-8H,4-5,13H2,(H2,14,15,16,17). The molecule has 2 rings (SSSR count). The van der Waals surface area contributed by atoms with Crippen LogP contribution in [0.5, 0.6) is 5.75 Å². The minimum atomic E-state index is -0.191. The number of rotatable bonds is 5. The summed E-state index contributed by atoms with van der Waals surface area (Å²) in [4.78, 5) is 17.4. The van der Waals surface area contributed by atoms with Crippen LogP contribution in [0.1, 0.15) is 0 Å². The van der Waals surface area contributed by atoms with Crippen molar-refractivity contribution in [1.82, 2.24) is 9.97 Å². The number of nitrogen functional groups attached to an aromatic ring is 1. The third-order valence-electron chi connectivity index (χ3n) is 2.21. The number of nitrogens with two attached hydrogens (primary N) is 1. The van der Waals surface area contributed by atoms with E-state index < -0.39 is 0 Å². The summed E-state index contributed by atoms with van der Waals surface area (Å²) in [5, 5.41) is 2.98. The molecule has 2 aromatic rings. The molecule has 0 amide bonds. The zero-order valence-corrected chi connectivity index (χ0v) is 9.72. The molecule has 0 radical (unpaired) electrons. The summed E-state index contributed by atoms with van der Waals surface area (Å²) < 4.78 is 5.48. The highest BCUT2D eigenvalue weighted by Gasteiger charge is 1.96. The summed E-state index contributed by atoms with van der Waals surface area (Å²) in [6, 6.07) is 8.61. The normalized spacial score (nSPS) is 10.0. The lowest BCUT2D eigenvalue weighted by atomic mass is 10.3. The number of benzene rings is 1. The number of H-pyrrole nitrogens is 1. The Balaban J connectivity index is 1.78. The van der Waals surface area contributed by atoms with Crippen molar-refractivity contribution in [3.05, 3.63) is 47.0 Å². The van der Waals surface area contributed by atoms with Crippen LogP contribution >= 0.6 is 0 Å². The molecule has 6 heteroatoms. The van der Waals surface area contributed by atoms with Crippen LogP contribution in [0.15, 0.2) is 41.5 Å². The van der Waals surface area contributed by atoms with Gasteiger partial charge in [0.15, 0.2) is 0 Å². The molecule has 0 unspecified atom stereocenters. The minimum Gasteiger partial charge on any atom is -0.492 e. The van der Waals surface area contributed by atoms with Crippen molar-refractivity contribution in [2.24, 2.45) is 0 Å². The number of aromatic nitrogens is 2. The predicted molar refractivity (Wildman–Crippen MR) is 69.7 cm³/mol. The Labute approximate surface area is 104 Å². The lowest BCUT2D eigenvalue weighted by Gasteiger charge is -2.08. The van der Waals surface area contributed by atoms with Gasteiger partial charge in [-0.2, -0.15) is 0 Å². The fourth-order valence-corrected chi connectivity index (χ4v) is 1.42. The summed E-state index contributed by atoms with van der Waals surface area (Å²) in [6.45, 7) is 1.00. The quantitative estimate of drug-likeness (QED) is 0.537. The molecular formula is C12H14N4O2.